The van der Waals surface area contributed by atoms with Crippen molar-refractivity contribution in [2.24, 2.45) is 0 Å². The highest BCUT2D eigenvalue weighted by atomic mass is 16.6. The first-order chi connectivity index (χ1) is 7.25. The Hall–Kier alpha value is -2.44. The van der Waals surface area contributed by atoms with Gasteiger partial charge in [0.1, 0.15) is 22.8 Å². The van der Waals surface area contributed by atoms with E-state index in [4.69, 9.17) is 4.42 Å². The van der Waals surface area contributed by atoms with Crippen molar-refractivity contribution in [3.8, 4) is 0 Å². The van der Waals surface area contributed by atoms with Crippen molar-refractivity contribution in [3.63, 3.8) is 0 Å². The van der Waals surface area contributed by atoms with Gasteiger partial charge in [-0.25, -0.2) is 4.98 Å². The molecule has 0 aliphatic heterocycles. The lowest BCUT2D eigenvalue weighted by Crippen LogP contribution is -1.82. The first-order valence-corrected chi connectivity index (χ1v) is 4.03. The lowest BCUT2D eigenvalue weighted by molar-refractivity contribution is -0.402. The molecule has 0 aliphatic rings. The Labute approximate surface area is 83.6 Å². The van der Waals surface area contributed by atoms with Crippen LogP contribution in [-0.4, -0.2) is 20.1 Å². The van der Waals surface area contributed by atoms with Crippen molar-refractivity contribution in [3.05, 3.63) is 40.2 Å². The Morgan fingerprint density at radius 3 is 2.93 bits per heavy atom. The Morgan fingerprint density at radius 2 is 2.33 bits per heavy atom. The molecule has 7 nitrogen and oxygen atoms in total. The van der Waals surface area contributed by atoms with Crippen LogP contribution < -0.4 is 0 Å². The van der Waals surface area contributed by atoms with Crippen LogP contribution in [0.25, 0.3) is 12.2 Å². The van der Waals surface area contributed by atoms with E-state index < -0.39 is 4.92 Å². The molecular weight excluding hydrogens is 200 g/mol. The van der Waals surface area contributed by atoms with Gasteiger partial charge in [0.2, 0.25) is 0 Å². The summed E-state index contributed by atoms with van der Waals surface area (Å²) in [7, 11) is 0. The summed E-state index contributed by atoms with van der Waals surface area (Å²) < 4.78 is 4.90. The SMILES string of the molecule is O=[N+]([O-])c1ccc(C=Cc2ncn[nH]2)o1. The first-order valence-electron chi connectivity index (χ1n) is 4.03. The predicted octanol–water partition coefficient (Wildman–Crippen LogP) is 1.48. The van der Waals surface area contributed by atoms with E-state index in [1.165, 1.54) is 18.5 Å². The molecule has 7 heteroatoms. The summed E-state index contributed by atoms with van der Waals surface area (Å²) in [5, 5.41) is 16.6. The number of furan rings is 1. The minimum absolute atomic E-state index is 0.285. The third-order valence-corrected chi connectivity index (χ3v) is 1.63. The van der Waals surface area contributed by atoms with Crippen LogP contribution in [0.2, 0.25) is 0 Å². The van der Waals surface area contributed by atoms with Crippen LogP contribution in [0, 0.1) is 10.1 Å². The van der Waals surface area contributed by atoms with E-state index in [0.29, 0.717) is 11.6 Å². The molecule has 2 rings (SSSR count). The third-order valence-electron chi connectivity index (χ3n) is 1.63. The molecule has 2 aromatic rings. The zero-order valence-corrected chi connectivity index (χ0v) is 7.45. The summed E-state index contributed by atoms with van der Waals surface area (Å²) in [5.74, 6) is 0.652. The van der Waals surface area contributed by atoms with Crippen molar-refractivity contribution in [2.75, 3.05) is 0 Å². The van der Waals surface area contributed by atoms with Crippen molar-refractivity contribution in [1.82, 2.24) is 15.2 Å². The molecule has 2 heterocycles. The van der Waals surface area contributed by atoms with Crippen molar-refractivity contribution < 1.29 is 9.34 Å². The normalized spacial score (nSPS) is 10.9. The summed E-state index contributed by atoms with van der Waals surface area (Å²) in [6.07, 6.45) is 4.54. The molecule has 1 N–H and O–H groups in total. The second kappa shape index (κ2) is 3.74. The number of hydrogen-bond acceptors (Lipinski definition) is 5. The number of nitrogens with one attached hydrogen (secondary N) is 1. The molecule has 0 spiro atoms. The number of aromatic amines is 1. The van der Waals surface area contributed by atoms with E-state index in [0.717, 1.165) is 0 Å². The van der Waals surface area contributed by atoms with Crippen LogP contribution in [0.15, 0.2) is 22.9 Å². The first kappa shape index (κ1) is 9.13. The van der Waals surface area contributed by atoms with E-state index in [-0.39, 0.29) is 5.88 Å². The van der Waals surface area contributed by atoms with E-state index in [1.807, 2.05) is 0 Å². The van der Waals surface area contributed by atoms with Gasteiger partial charge in [-0.3, -0.25) is 15.2 Å². The van der Waals surface area contributed by atoms with Crippen LogP contribution in [0.4, 0.5) is 5.88 Å². The van der Waals surface area contributed by atoms with Crippen molar-refractivity contribution in [1.29, 1.82) is 0 Å². The van der Waals surface area contributed by atoms with E-state index in [2.05, 4.69) is 15.2 Å². The van der Waals surface area contributed by atoms with Gasteiger partial charge in [-0.15, -0.1) is 0 Å². The highest BCUT2D eigenvalue weighted by Gasteiger charge is 2.09. The fourth-order valence-electron chi connectivity index (χ4n) is 0.986. The molecule has 0 fully saturated rings. The summed E-state index contributed by atoms with van der Waals surface area (Å²) >= 11 is 0. The molecule has 2 aromatic heterocycles. The van der Waals surface area contributed by atoms with Gasteiger partial charge < -0.3 is 4.42 Å². The molecule has 0 unspecified atom stereocenters. The quantitative estimate of drug-likeness (QED) is 0.605. The Kier molecular flexibility index (Phi) is 2.28. The average Bonchev–Trinajstić information content (AvgIpc) is 2.86. The second-order valence-electron chi connectivity index (χ2n) is 2.64. The molecule has 0 atom stereocenters. The fraction of sp³-hybridized carbons (Fsp3) is 0. The Bertz CT molecular complexity index is 486. The molecule has 0 radical (unpaired) electrons. The molecule has 0 aliphatic carbocycles. The van der Waals surface area contributed by atoms with E-state index >= 15 is 0 Å². The smallest absolute Gasteiger partial charge is 0.401 e. The number of aromatic nitrogens is 3. The largest absolute Gasteiger partial charge is 0.433 e. The molecule has 0 saturated carbocycles. The van der Waals surface area contributed by atoms with Gasteiger partial charge in [0, 0.05) is 0 Å². The van der Waals surface area contributed by atoms with E-state index in [9.17, 15) is 10.1 Å². The lowest BCUT2D eigenvalue weighted by Gasteiger charge is -1.83. The molecule has 0 saturated heterocycles. The van der Waals surface area contributed by atoms with Crippen LogP contribution in [0.1, 0.15) is 11.6 Å². The Morgan fingerprint density at radius 1 is 1.47 bits per heavy atom. The summed E-state index contributed by atoms with van der Waals surface area (Å²) in [4.78, 5) is 13.6. The van der Waals surface area contributed by atoms with Gasteiger partial charge in [0.05, 0.1) is 6.07 Å². The topological polar surface area (TPSA) is 97.9 Å². The molecule has 0 bridgehead atoms. The van der Waals surface area contributed by atoms with Gasteiger partial charge in [-0.05, 0) is 18.2 Å². The van der Waals surface area contributed by atoms with Crippen LogP contribution in [-0.2, 0) is 0 Å². The maximum atomic E-state index is 10.3. The predicted molar refractivity (Wildman–Crippen MR) is 50.7 cm³/mol. The molecule has 76 valence electrons. The monoisotopic (exact) mass is 206 g/mol. The number of nitrogens with zero attached hydrogens (tertiary/aromatic N) is 3. The average molecular weight is 206 g/mol. The fourth-order valence-corrected chi connectivity index (χ4v) is 0.986. The summed E-state index contributed by atoms with van der Waals surface area (Å²) in [6, 6.07) is 2.80. The molecule has 0 amide bonds. The minimum Gasteiger partial charge on any atom is -0.401 e. The van der Waals surface area contributed by atoms with Gasteiger partial charge in [-0.2, -0.15) is 5.10 Å². The molecular formula is C8H6N4O3. The number of nitro groups is 1. The Balaban J connectivity index is 2.14. The zero-order chi connectivity index (χ0) is 10.7. The molecule has 15 heavy (non-hydrogen) atoms. The van der Waals surface area contributed by atoms with Crippen LogP contribution in [0.3, 0.4) is 0 Å². The maximum Gasteiger partial charge on any atom is 0.433 e. The van der Waals surface area contributed by atoms with Crippen LogP contribution >= 0.6 is 0 Å². The van der Waals surface area contributed by atoms with Gasteiger partial charge in [0.25, 0.3) is 0 Å². The number of hydrogen-bond donors (Lipinski definition) is 1. The zero-order valence-electron chi connectivity index (χ0n) is 7.45. The van der Waals surface area contributed by atoms with Crippen LogP contribution in [0.5, 0.6) is 0 Å². The van der Waals surface area contributed by atoms with E-state index in [1.54, 1.807) is 12.2 Å². The second-order valence-corrected chi connectivity index (χ2v) is 2.64. The minimum atomic E-state index is -0.591. The molecule has 0 aromatic carbocycles. The standard InChI is InChI=1S/C8H6N4O3/c13-12(14)8-4-2-6(15-8)1-3-7-9-5-10-11-7/h1-5H,(H,9,10,11). The van der Waals surface area contributed by atoms with Gasteiger partial charge >= 0.3 is 5.88 Å². The maximum absolute atomic E-state index is 10.3. The highest BCUT2D eigenvalue weighted by molar-refractivity contribution is 5.63. The number of H-pyrrole nitrogens is 1. The number of rotatable bonds is 3. The van der Waals surface area contributed by atoms with Gasteiger partial charge in [-0.1, -0.05) is 0 Å². The highest BCUT2D eigenvalue weighted by Crippen LogP contribution is 2.17. The van der Waals surface area contributed by atoms with Gasteiger partial charge in [0.15, 0.2) is 0 Å². The summed E-state index contributed by atoms with van der Waals surface area (Å²) in [5.41, 5.74) is 0. The summed E-state index contributed by atoms with van der Waals surface area (Å²) in [6.45, 7) is 0. The van der Waals surface area contributed by atoms with Crippen molar-refractivity contribution in [2.45, 2.75) is 0 Å². The third kappa shape index (κ3) is 2.08. The lowest BCUT2D eigenvalue weighted by atomic mass is 10.4. The van der Waals surface area contributed by atoms with Crippen molar-refractivity contribution >= 4 is 18.0 Å².